The molecule has 3 rings (SSSR count). The van der Waals surface area contributed by atoms with Crippen molar-refractivity contribution >= 4 is 75.4 Å². The number of hydrogen-bond donors (Lipinski definition) is 0. The summed E-state index contributed by atoms with van der Waals surface area (Å²) in [6.45, 7) is 0.460. The number of halogens is 4. The molecule has 0 amide bonds. The Balaban J connectivity index is 1.83. The highest BCUT2D eigenvalue weighted by molar-refractivity contribution is 9.11. The minimum atomic E-state index is 0.460. The molecule has 0 heterocycles. The Morgan fingerprint density at radius 3 is 1.93 bits per heavy atom. The number of rotatable bonds is 5. The highest BCUT2D eigenvalue weighted by Gasteiger charge is 2.10. The lowest BCUT2D eigenvalue weighted by molar-refractivity contribution is 0.302. The predicted octanol–water partition coefficient (Wildman–Crippen LogP) is 8.38. The van der Waals surface area contributed by atoms with E-state index in [1.165, 1.54) is 0 Å². The van der Waals surface area contributed by atoms with E-state index in [0.29, 0.717) is 12.2 Å². The monoisotopic (exact) mass is 623 g/mol. The van der Waals surface area contributed by atoms with Gasteiger partial charge in [-0.2, -0.15) is 5.26 Å². The van der Waals surface area contributed by atoms with E-state index in [0.717, 1.165) is 40.3 Å². The molecule has 0 N–H and O–H groups in total. The fraction of sp³-hybridized carbons (Fsp3) is 0.0455. The smallest absolute Gasteiger partial charge is 0.148 e. The molecule has 0 aliphatic rings. The van der Waals surface area contributed by atoms with E-state index in [1.807, 2.05) is 66.7 Å². The summed E-state index contributed by atoms with van der Waals surface area (Å²) >= 11 is 14.0. The number of ether oxygens (including phenoxy) is 1. The molecular weight excluding hydrogens is 614 g/mol. The molecular formula is C22H13Br4NO. The van der Waals surface area contributed by atoms with Crippen molar-refractivity contribution in [1.29, 1.82) is 5.26 Å². The summed E-state index contributed by atoms with van der Waals surface area (Å²) in [6, 6.07) is 21.8. The Morgan fingerprint density at radius 1 is 0.857 bits per heavy atom. The number of benzene rings is 3. The van der Waals surface area contributed by atoms with Crippen LogP contribution in [0, 0.1) is 11.3 Å². The summed E-state index contributed by atoms with van der Waals surface area (Å²) in [5.74, 6) is 0.724. The summed E-state index contributed by atoms with van der Waals surface area (Å²) in [6.07, 6.45) is 1.86. The quantitative estimate of drug-likeness (QED) is 0.211. The molecule has 0 unspecified atom stereocenters. The topological polar surface area (TPSA) is 33.0 Å². The van der Waals surface area contributed by atoms with Gasteiger partial charge in [0.15, 0.2) is 0 Å². The minimum absolute atomic E-state index is 0.460. The third kappa shape index (κ3) is 5.57. The summed E-state index contributed by atoms with van der Waals surface area (Å²) in [5.41, 5.74) is 3.44. The van der Waals surface area contributed by atoms with Gasteiger partial charge in [-0.3, -0.25) is 0 Å². The molecule has 0 radical (unpaired) electrons. The predicted molar refractivity (Wildman–Crippen MR) is 128 cm³/mol. The van der Waals surface area contributed by atoms with Crippen molar-refractivity contribution in [3.05, 3.63) is 95.2 Å². The standard InChI is InChI=1S/C22H13Br4NO/c23-18-5-1-14(2-6-18)13-28-22-20(25)10-15(11-21(22)26)9-17(12-27)16-3-7-19(24)8-4-16/h1-11H,13H2/b17-9-. The van der Waals surface area contributed by atoms with Crippen LogP contribution in [0.3, 0.4) is 0 Å². The molecule has 0 aromatic heterocycles. The first kappa shape index (κ1) is 21.3. The second-order valence-electron chi connectivity index (χ2n) is 5.91. The first-order valence-corrected chi connectivity index (χ1v) is 11.4. The van der Waals surface area contributed by atoms with Crippen LogP contribution in [0.1, 0.15) is 16.7 Å². The van der Waals surface area contributed by atoms with Gasteiger partial charge in [0.25, 0.3) is 0 Å². The third-order valence-electron chi connectivity index (χ3n) is 3.90. The molecule has 3 aromatic rings. The van der Waals surface area contributed by atoms with Crippen molar-refractivity contribution in [1.82, 2.24) is 0 Å². The normalized spacial score (nSPS) is 11.2. The van der Waals surface area contributed by atoms with Gasteiger partial charge in [-0.1, -0.05) is 56.1 Å². The molecule has 0 aliphatic carbocycles. The van der Waals surface area contributed by atoms with Crippen LogP contribution >= 0.6 is 63.7 Å². The van der Waals surface area contributed by atoms with Crippen LogP contribution in [0.2, 0.25) is 0 Å². The molecule has 0 saturated carbocycles. The minimum Gasteiger partial charge on any atom is -0.487 e. The number of nitrogens with zero attached hydrogens (tertiary/aromatic N) is 1. The molecule has 0 spiro atoms. The maximum Gasteiger partial charge on any atom is 0.148 e. The second kappa shape index (κ2) is 9.89. The van der Waals surface area contributed by atoms with Crippen molar-refractivity contribution in [3.8, 4) is 11.8 Å². The first-order valence-electron chi connectivity index (χ1n) is 8.20. The van der Waals surface area contributed by atoms with Gasteiger partial charge < -0.3 is 4.74 Å². The van der Waals surface area contributed by atoms with Crippen molar-refractivity contribution in [2.75, 3.05) is 0 Å². The highest BCUT2D eigenvalue weighted by atomic mass is 79.9. The van der Waals surface area contributed by atoms with Crippen LogP contribution in [0.25, 0.3) is 11.6 Å². The lowest BCUT2D eigenvalue weighted by atomic mass is 10.0. The van der Waals surface area contributed by atoms with Gasteiger partial charge in [-0.05, 0) is 91.0 Å². The average molecular weight is 627 g/mol. The summed E-state index contributed by atoms with van der Waals surface area (Å²) in [4.78, 5) is 0. The molecule has 28 heavy (non-hydrogen) atoms. The Morgan fingerprint density at radius 2 is 1.39 bits per heavy atom. The molecule has 0 atom stereocenters. The molecule has 0 aliphatic heterocycles. The summed E-state index contributed by atoms with van der Waals surface area (Å²) < 4.78 is 9.63. The van der Waals surface area contributed by atoms with Crippen LogP contribution in [0.15, 0.2) is 78.6 Å². The van der Waals surface area contributed by atoms with Crippen LogP contribution < -0.4 is 4.74 Å². The molecule has 140 valence electrons. The van der Waals surface area contributed by atoms with Crippen LogP contribution in [0.4, 0.5) is 0 Å². The number of allylic oxidation sites excluding steroid dienone is 1. The molecule has 2 nitrogen and oxygen atoms in total. The fourth-order valence-corrected chi connectivity index (χ4v) is 4.49. The molecule has 0 saturated heterocycles. The Hall–Kier alpha value is -1.39. The van der Waals surface area contributed by atoms with Gasteiger partial charge >= 0.3 is 0 Å². The number of nitriles is 1. The second-order valence-corrected chi connectivity index (χ2v) is 9.45. The lowest BCUT2D eigenvalue weighted by Crippen LogP contribution is -1.97. The van der Waals surface area contributed by atoms with Gasteiger partial charge in [0, 0.05) is 8.95 Å². The van der Waals surface area contributed by atoms with E-state index in [-0.39, 0.29) is 0 Å². The van der Waals surface area contributed by atoms with E-state index >= 15 is 0 Å². The van der Waals surface area contributed by atoms with E-state index in [9.17, 15) is 5.26 Å². The van der Waals surface area contributed by atoms with Gasteiger partial charge in [0.1, 0.15) is 12.4 Å². The Kier molecular flexibility index (Phi) is 7.53. The Bertz CT molecular complexity index is 1030. The zero-order valence-electron chi connectivity index (χ0n) is 14.4. The van der Waals surface area contributed by atoms with E-state index < -0.39 is 0 Å². The average Bonchev–Trinajstić information content (AvgIpc) is 2.67. The van der Waals surface area contributed by atoms with Crippen LogP contribution in [-0.4, -0.2) is 0 Å². The van der Waals surface area contributed by atoms with Crippen LogP contribution in [-0.2, 0) is 6.61 Å². The molecule has 6 heteroatoms. The third-order valence-corrected chi connectivity index (χ3v) is 6.14. The maximum absolute atomic E-state index is 9.55. The summed E-state index contributed by atoms with van der Waals surface area (Å²) in [7, 11) is 0. The Labute approximate surface area is 197 Å². The van der Waals surface area contributed by atoms with Crippen molar-refractivity contribution in [3.63, 3.8) is 0 Å². The van der Waals surface area contributed by atoms with Gasteiger partial charge in [-0.25, -0.2) is 0 Å². The molecule has 0 fully saturated rings. The van der Waals surface area contributed by atoms with E-state index in [2.05, 4.69) is 69.8 Å². The zero-order valence-corrected chi connectivity index (χ0v) is 20.8. The van der Waals surface area contributed by atoms with Crippen molar-refractivity contribution < 1.29 is 4.74 Å². The van der Waals surface area contributed by atoms with Gasteiger partial charge in [0.05, 0.1) is 20.6 Å². The van der Waals surface area contributed by atoms with E-state index in [4.69, 9.17) is 4.74 Å². The maximum atomic E-state index is 9.55. The number of hydrogen-bond acceptors (Lipinski definition) is 2. The van der Waals surface area contributed by atoms with Crippen molar-refractivity contribution in [2.45, 2.75) is 6.61 Å². The van der Waals surface area contributed by atoms with Crippen molar-refractivity contribution in [2.24, 2.45) is 0 Å². The largest absolute Gasteiger partial charge is 0.487 e. The molecule has 3 aromatic carbocycles. The highest BCUT2D eigenvalue weighted by Crippen LogP contribution is 2.36. The van der Waals surface area contributed by atoms with E-state index in [1.54, 1.807) is 0 Å². The van der Waals surface area contributed by atoms with Gasteiger partial charge in [0.2, 0.25) is 0 Å². The zero-order chi connectivity index (χ0) is 20.1. The fourth-order valence-electron chi connectivity index (χ4n) is 2.51. The van der Waals surface area contributed by atoms with Gasteiger partial charge in [-0.15, -0.1) is 0 Å². The van der Waals surface area contributed by atoms with Crippen LogP contribution in [0.5, 0.6) is 5.75 Å². The molecule has 0 bridgehead atoms. The first-order chi connectivity index (χ1) is 13.5. The lowest BCUT2D eigenvalue weighted by Gasteiger charge is -2.12. The SMILES string of the molecule is N#C/C(=C/c1cc(Br)c(OCc2ccc(Br)cc2)c(Br)c1)c1ccc(Br)cc1. The summed E-state index contributed by atoms with van der Waals surface area (Å²) in [5, 5.41) is 9.55.